The van der Waals surface area contributed by atoms with Gasteiger partial charge >= 0.3 is 0 Å². The van der Waals surface area contributed by atoms with Gasteiger partial charge in [-0.15, -0.1) is 11.6 Å². The number of rotatable bonds is 4. The molecule has 0 spiro atoms. The molecular formula is C15H18Cl2O. The Labute approximate surface area is 118 Å². The van der Waals surface area contributed by atoms with Gasteiger partial charge in [-0.2, -0.15) is 0 Å². The van der Waals surface area contributed by atoms with Crippen molar-refractivity contribution in [1.82, 2.24) is 0 Å². The van der Waals surface area contributed by atoms with Crippen LogP contribution in [-0.4, -0.2) is 6.61 Å². The zero-order chi connectivity index (χ0) is 12.5. The zero-order valence-electron chi connectivity index (χ0n) is 10.4. The maximum atomic E-state index is 6.12. The monoisotopic (exact) mass is 284 g/mol. The molecule has 3 unspecified atom stereocenters. The molecule has 2 aliphatic rings. The lowest BCUT2D eigenvalue weighted by Crippen LogP contribution is -2.18. The summed E-state index contributed by atoms with van der Waals surface area (Å²) in [6.07, 6.45) is 5.61. The molecule has 0 heterocycles. The number of benzene rings is 1. The number of alkyl halides is 1. The Kier molecular flexibility index (Phi) is 3.72. The summed E-state index contributed by atoms with van der Waals surface area (Å²) in [5.41, 5.74) is 0.920. The van der Waals surface area contributed by atoms with Crippen LogP contribution in [0.1, 0.15) is 31.2 Å². The predicted molar refractivity (Wildman–Crippen MR) is 75.4 cm³/mol. The van der Waals surface area contributed by atoms with Gasteiger partial charge < -0.3 is 4.74 Å². The van der Waals surface area contributed by atoms with Crippen LogP contribution in [0.5, 0.6) is 5.75 Å². The van der Waals surface area contributed by atoms with E-state index in [1.807, 2.05) is 18.2 Å². The van der Waals surface area contributed by atoms with Crippen LogP contribution in [0.3, 0.4) is 0 Å². The molecule has 0 aromatic heterocycles. The largest absolute Gasteiger partial charge is 0.493 e. The molecule has 2 aliphatic carbocycles. The second kappa shape index (κ2) is 5.30. The van der Waals surface area contributed by atoms with Crippen LogP contribution in [0.4, 0.5) is 0 Å². The fourth-order valence-electron chi connectivity index (χ4n) is 3.58. The van der Waals surface area contributed by atoms with E-state index in [1.165, 1.54) is 25.7 Å². The van der Waals surface area contributed by atoms with Crippen molar-refractivity contribution in [3.8, 4) is 5.75 Å². The van der Waals surface area contributed by atoms with Crippen LogP contribution in [0.2, 0.25) is 5.02 Å². The van der Waals surface area contributed by atoms with Gasteiger partial charge in [-0.3, -0.25) is 0 Å². The van der Waals surface area contributed by atoms with Crippen molar-refractivity contribution in [3.05, 3.63) is 28.8 Å². The molecule has 0 amide bonds. The van der Waals surface area contributed by atoms with Crippen LogP contribution >= 0.6 is 23.2 Å². The van der Waals surface area contributed by atoms with E-state index in [-0.39, 0.29) is 0 Å². The second-order valence-corrected chi connectivity index (χ2v) is 6.27. The van der Waals surface area contributed by atoms with E-state index < -0.39 is 0 Å². The lowest BCUT2D eigenvalue weighted by Gasteiger charge is -2.22. The van der Waals surface area contributed by atoms with Crippen molar-refractivity contribution < 1.29 is 4.74 Å². The quantitative estimate of drug-likeness (QED) is 0.715. The Hall–Kier alpha value is -0.400. The van der Waals surface area contributed by atoms with Gasteiger partial charge in [-0.25, -0.2) is 0 Å². The molecule has 2 saturated carbocycles. The van der Waals surface area contributed by atoms with E-state index in [2.05, 4.69) is 0 Å². The summed E-state index contributed by atoms with van der Waals surface area (Å²) < 4.78 is 5.98. The van der Waals surface area contributed by atoms with Crippen LogP contribution in [0, 0.1) is 17.8 Å². The molecule has 0 aliphatic heterocycles. The summed E-state index contributed by atoms with van der Waals surface area (Å²) >= 11 is 12.1. The Morgan fingerprint density at radius 2 is 2.11 bits per heavy atom. The van der Waals surface area contributed by atoms with E-state index in [0.717, 1.165) is 35.7 Å². The first-order valence-corrected chi connectivity index (χ1v) is 7.65. The number of hydrogen-bond acceptors (Lipinski definition) is 1. The second-order valence-electron chi connectivity index (χ2n) is 5.60. The highest BCUT2D eigenvalue weighted by Gasteiger charge is 2.39. The Balaban J connectivity index is 1.65. The predicted octanol–water partition coefficient (Wildman–Crippen LogP) is 4.89. The molecule has 98 valence electrons. The topological polar surface area (TPSA) is 9.23 Å². The van der Waals surface area contributed by atoms with Crippen LogP contribution in [-0.2, 0) is 5.88 Å². The molecule has 1 aromatic rings. The Bertz CT molecular complexity index is 433. The van der Waals surface area contributed by atoms with Gasteiger partial charge in [0.25, 0.3) is 0 Å². The van der Waals surface area contributed by atoms with Crippen molar-refractivity contribution in [1.29, 1.82) is 0 Å². The standard InChI is InChI=1S/C15H18Cl2O/c16-8-13-14(17)2-1-3-15(13)18-9-12-7-10-4-5-11(12)6-10/h1-3,10-12H,4-9H2. The smallest absolute Gasteiger partial charge is 0.125 e. The van der Waals surface area contributed by atoms with Gasteiger partial charge in [0.2, 0.25) is 0 Å². The third-order valence-corrected chi connectivity index (χ3v) is 5.17. The highest BCUT2D eigenvalue weighted by atomic mass is 35.5. The first-order valence-electron chi connectivity index (χ1n) is 6.74. The molecule has 3 rings (SSSR count). The van der Waals surface area contributed by atoms with Crippen molar-refractivity contribution >= 4 is 23.2 Å². The fraction of sp³-hybridized carbons (Fsp3) is 0.600. The third-order valence-electron chi connectivity index (χ3n) is 4.55. The van der Waals surface area contributed by atoms with E-state index in [9.17, 15) is 0 Å². The lowest BCUT2D eigenvalue weighted by molar-refractivity contribution is 0.194. The first-order chi connectivity index (χ1) is 8.78. The van der Waals surface area contributed by atoms with Crippen LogP contribution in [0.15, 0.2) is 18.2 Å². The van der Waals surface area contributed by atoms with Crippen molar-refractivity contribution in [3.63, 3.8) is 0 Å². The maximum absolute atomic E-state index is 6.12. The molecule has 0 saturated heterocycles. The molecule has 1 aromatic carbocycles. The number of halogens is 2. The SMILES string of the molecule is ClCc1c(Cl)cccc1OCC1CC2CCC1C2. The van der Waals surface area contributed by atoms with Crippen molar-refractivity contribution in [2.45, 2.75) is 31.6 Å². The average molecular weight is 285 g/mol. The molecule has 2 bridgehead atoms. The minimum Gasteiger partial charge on any atom is -0.493 e. The van der Waals surface area contributed by atoms with Crippen molar-refractivity contribution in [2.24, 2.45) is 17.8 Å². The van der Waals surface area contributed by atoms with Gasteiger partial charge in [0.15, 0.2) is 0 Å². The van der Waals surface area contributed by atoms with Gasteiger partial charge in [0.1, 0.15) is 5.75 Å². The molecule has 2 fully saturated rings. The summed E-state index contributed by atoms with van der Waals surface area (Å²) in [5.74, 6) is 3.88. The summed E-state index contributed by atoms with van der Waals surface area (Å²) in [4.78, 5) is 0. The zero-order valence-corrected chi connectivity index (χ0v) is 11.9. The number of ether oxygens (including phenoxy) is 1. The van der Waals surface area contributed by atoms with E-state index in [1.54, 1.807) is 0 Å². The molecule has 0 radical (unpaired) electrons. The van der Waals surface area contributed by atoms with Gasteiger partial charge in [-0.05, 0) is 49.1 Å². The summed E-state index contributed by atoms with van der Waals surface area (Å²) in [5, 5.41) is 0.704. The Morgan fingerprint density at radius 1 is 1.22 bits per heavy atom. The molecule has 0 N–H and O–H groups in total. The summed E-state index contributed by atoms with van der Waals surface area (Å²) in [7, 11) is 0. The third kappa shape index (κ3) is 2.35. The van der Waals surface area contributed by atoms with Gasteiger partial charge in [0.05, 0.1) is 12.5 Å². The van der Waals surface area contributed by atoms with E-state index >= 15 is 0 Å². The van der Waals surface area contributed by atoms with Gasteiger partial charge in [-0.1, -0.05) is 24.1 Å². The normalized spacial score (nSPS) is 29.8. The highest BCUT2D eigenvalue weighted by Crippen LogP contribution is 2.48. The van der Waals surface area contributed by atoms with Crippen LogP contribution < -0.4 is 4.74 Å². The average Bonchev–Trinajstić information content (AvgIpc) is 2.98. The summed E-state index contributed by atoms with van der Waals surface area (Å²) in [6, 6.07) is 5.76. The molecule has 3 heteroatoms. The number of fused-ring (bicyclic) bond motifs is 2. The molecule has 3 atom stereocenters. The van der Waals surface area contributed by atoms with Gasteiger partial charge in [0, 0.05) is 10.6 Å². The van der Waals surface area contributed by atoms with Crippen molar-refractivity contribution in [2.75, 3.05) is 6.61 Å². The first kappa shape index (κ1) is 12.6. The number of hydrogen-bond donors (Lipinski definition) is 0. The maximum Gasteiger partial charge on any atom is 0.125 e. The van der Waals surface area contributed by atoms with Crippen LogP contribution in [0.25, 0.3) is 0 Å². The van der Waals surface area contributed by atoms with E-state index in [4.69, 9.17) is 27.9 Å². The lowest BCUT2D eigenvalue weighted by atomic mass is 9.89. The fourth-order valence-corrected chi connectivity index (χ4v) is 4.16. The minimum absolute atomic E-state index is 0.408. The Morgan fingerprint density at radius 3 is 2.78 bits per heavy atom. The molecule has 1 nitrogen and oxygen atoms in total. The molecular weight excluding hydrogens is 267 g/mol. The summed E-state index contributed by atoms with van der Waals surface area (Å²) in [6.45, 7) is 0.825. The van der Waals surface area contributed by atoms with E-state index in [0.29, 0.717) is 10.9 Å². The minimum atomic E-state index is 0.408. The molecule has 18 heavy (non-hydrogen) atoms. The highest BCUT2D eigenvalue weighted by molar-refractivity contribution is 6.32.